The van der Waals surface area contributed by atoms with Crippen LogP contribution in [-0.4, -0.2) is 22.3 Å². The Morgan fingerprint density at radius 1 is 1.67 bits per heavy atom. The van der Waals surface area contributed by atoms with Crippen LogP contribution in [0.1, 0.15) is 6.92 Å². The number of ether oxygens (including phenoxy) is 1. The monoisotopic (exact) mass is 90.0 g/mol. The summed E-state index contributed by atoms with van der Waals surface area (Å²) in [6.07, 6.45) is -0.391. The molecule has 0 aromatic heterocycles. The van der Waals surface area contributed by atoms with E-state index in [2.05, 4.69) is 4.74 Å². The zero-order valence-electron chi connectivity index (χ0n) is 3.38. The van der Waals surface area contributed by atoms with E-state index in [0.717, 1.165) is 0 Å². The average Bonchev–Trinajstić information content (AvgIpc) is 1.73. The number of rotatable bonds is 0. The molecule has 1 atom stereocenters. The summed E-state index contributed by atoms with van der Waals surface area (Å²) < 4.78 is 4.22. The standard InChI is InChI=1S/C3H6O3/c1-2-3(4,5)6-2/h2,4-5H,1H3. The third kappa shape index (κ3) is 0.408. The Kier molecular flexibility index (Phi) is 0.508. The van der Waals surface area contributed by atoms with Crippen molar-refractivity contribution >= 4 is 0 Å². The molecule has 1 unspecified atom stereocenters. The molecular formula is C3H6O3. The molecule has 1 aliphatic rings. The Morgan fingerprint density at radius 3 is 1.83 bits per heavy atom. The van der Waals surface area contributed by atoms with Crippen molar-refractivity contribution in [2.24, 2.45) is 0 Å². The van der Waals surface area contributed by atoms with E-state index in [1.807, 2.05) is 0 Å². The molecule has 1 fully saturated rings. The van der Waals surface area contributed by atoms with Gasteiger partial charge in [0.1, 0.15) is 6.10 Å². The Balaban J connectivity index is 2.41. The molecule has 2 N–H and O–H groups in total. The Labute approximate surface area is 35.2 Å². The summed E-state index contributed by atoms with van der Waals surface area (Å²) in [5.41, 5.74) is 0. The van der Waals surface area contributed by atoms with Gasteiger partial charge in [0.15, 0.2) is 0 Å². The van der Waals surface area contributed by atoms with Crippen molar-refractivity contribution < 1.29 is 14.9 Å². The van der Waals surface area contributed by atoms with Gasteiger partial charge in [0.25, 0.3) is 0 Å². The minimum Gasteiger partial charge on any atom is -0.341 e. The maximum atomic E-state index is 8.23. The van der Waals surface area contributed by atoms with Crippen molar-refractivity contribution in [3.8, 4) is 0 Å². The molecular weight excluding hydrogens is 84.0 g/mol. The quantitative estimate of drug-likeness (QED) is 0.297. The molecule has 36 valence electrons. The highest BCUT2D eigenvalue weighted by molar-refractivity contribution is 4.75. The van der Waals surface area contributed by atoms with Crippen molar-refractivity contribution in [3.05, 3.63) is 0 Å². The molecule has 0 aromatic rings. The van der Waals surface area contributed by atoms with Gasteiger partial charge in [-0.25, -0.2) is 0 Å². The largest absolute Gasteiger partial charge is 0.341 e. The highest BCUT2D eigenvalue weighted by Gasteiger charge is 2.50. The summed E-state index contributed by atoms with van der Waals surface area (Å²) in [5, 5.41) is 16.5. The van der Waals surface area contributed by atoms with E-state index in [-0.39, 0.29) is 0 Å². The second-order valence-electron chi connectivity index (χ2n) is 1.42. The predicted molar refractivity (Wildman–Crippen MR) is 17.7 cm³/mol. The molecule has 1 aliphatic heterocycles. The van der Waals surface area contributed by atoms with Crippen LogP contribution in [0.2, 0.25) is 0 Å². The number of aliphatic hydroxyl groups is 2. The molecule has 0 aromatic carbocycles. The third-order valence-corrected chi connectivity index (χ3v) is 0.823. The van der Waals surface area contributed by atoms with Gasteiger partial charge in [0.2, 0.25) is 0 Å². The predicted octanol–water partition coefficient (Wildman–Crippen LogP) is -0.957. The van der Waals surface area contributed by atoms with E-state index in [9.17, 15) is 0 Å². The first-order valence-electron chi connectivity index (χ1n) is 1.75. The van der Waals surface area contributed by atoms with Crippen molar-refractivity contribution in [2.45, 2.75) is 19.0 Å². The fourth-order valence-electron chi connectivity index (χ4n) is 0.226. The van der Waals surface area contributed by atoms with Crippen LogP contribution in [0.3, 0.4) is 0 Å². The lowest BCUT2D eigenvalue weighted by Crippen LogP contribution is -2.08. The van der Waals surface area contributed by atoms with E-state index in [0.29, 0.717) is 0 Å². The number of hydrogen-bond donors (Lipinski definition) is 2. The fourth-order valence-corrected chi connectivity index (χ4v) is 0.226. The van der Waals surface area contributed by atoms with Crippen LogP contribution in [0.25, 0.3) is 0 Å². The summed E-state index contributed by atoms with van der Waals surface area (Å²) in [4.78, 5) is 0. The Hall–Kier alpha value is -0.120. The second kappa shape index (κ2) is 0.753. The molecule has 6 heavy (non-hydrogen) atoms. The maximum absolute atomic E-state index is 8.23. The lowest BCUT2D eigenvalue weighted by Gasteiger charge is -1.84. The molecule has 0 bridgehead atoms. The number of epoxide rings is 1. The lowest BCUT2D eigenvalue weighted by atomic mass is 10.5. The molecule has 3 heteroatoms. The van der Waals surface area contributed by atoms with Gasteiger partial charge in [0, 0.05) is 0 Å². The number of hydrogen-bond acceptors (Lipinski definition) is 3. The summed E-state index contributed by atoms with van der Waals surface area (Å²) in [5.74, 6) is -1.79. The van der Waals surface area contributed by atoms with Gasteiger partial charge in [0.05, 0.1) is 0 Å². The van der Waals surface area contributed by atoms with E-state index in [1.54, 1.807) is 6.92 Å². The smallest absolute Gasteiger partial charge is 0.306 e. The SMILES string of the molecule is CC1OC1(O)O. The van der Waals surface area contributed by atoms with Crippen LogP contribution in [0.5, 0.6) is 0 Å². The highest BCUT2D eigenvalue weighted by atomic mass is 16.9. The normalized spacial score (nSPS) is 39.5. The van der Waals surface area contributed by atoms with Crippen molar-refractivity contribution in [2.75, 3.05) is 0 Å². The zero-order valence-corrected chi connectivity index (χ0v) is 3.38. The minimum atomic E-state index is -1.79. The van der Waals surface area contributed by atoms with Crippen LogP contribution in [0, 0.1) is 0 Å². The molecule has 3 nitrogen and oxygen atoms in total. The van der Waals surface area contributed by atoms with Crippen LogP contribution in [0.4, 0.5) is 0 Å². The van der Waals surface area contributed by atoms with E-state index in [1.165, 1.54) is 0 Å². The molecule has 1 saturated heterocycles. The molecule has 1 heterocycles. The molecule has 1 rings (SSSR count). The Morgan fingerprint density at radius 2 is 1.83 bits per heavy atom. The van der Waals surface area contributed by atoms with Crippen molar-refractivity contribution in [1.82, 2.24) is 0 Å². The summed E-state index contributed by atoms with van der Waals surface area (Å²) >= 11 is 0. The highest BCUT2D eigenvalue weighted by Crippen LogP contribution is 2.28. The first-order valence-corrected chi connectivity index (χ1v) is 1.75. The molecule has 0 amide bonds. The van der Waals surface area contributed by atoms with Gasteiger partial charge in [-0.1, -0.05) is 0 Å². The summed E-state index contributed by atoms with van der Waals surface area (Å²) in [6.45, 7) is 1.58. The molecule has 0 saturated carbocycles. The van der Waals surface area contributed by atoms with E-state index < -0.39 is 12.1 Å². The molecule has 0 aliphatic carbocycles. The van der Waals surface area contributed by atoms with E-state index >= 15 is 0 Å². The molecule has 0 spiro atoms. The van der Waals surface area contributed by atoms with Gasteiger partial charge < -0.3 is 14.9 Å². The van der Waals surface area contributed by atoms with Crippen LogP contribution in [0.15, 0.2) is 0 Å². The minimum absolute atomic E-state index is 0.391. The van der Waals surface area contributed by atoms with Crippen molar-refractivity contribution in [3.63, 3.8) is 0 Å². The van der Waals surface area contributed by atoms with Gasteiger partial charge in [-0.3, -0.25) is 0 Å². The average molecular weight is 90.1 g/mol. The van der Waals surface area contributed by atoms with E-state index in [4.69, 9.17) is 10.2 Å². The lowest BCUT2D eigenvalue weighted by molar-refractivity contribution is -0.150. The summed E-state index contributed by atoms with van der Waals surface area (Å²) in [6, 6.07) is 0. The maximum Gasteiger partial charge on any atom is 0.306 e. The molecule has 0 radical (unpaired) electrons. The van der Waals surface area contributed by atoms with Crippen LogP contribution >= 0.6 is 0 Å². The fraction of sp³-hybridized carbons (Fsp3) is 1.00. The van der Waals surface area contributed by atoms with Gasteiger partial charge in [-0.2, -0.15) is 0 Å². The van der Waals surface area contributed by atoms with Gasteiger partial charge in [-0.15, -0.1) is 0 Å². The zero-order chi connectivity index (χ0) is 4.78. The topological polar surface area (TPSA) is 53.0 Å². The first-order chi connectivity index (χ1) is 2.63. The Bertz CT molecular complexity index is 68.4. The first kappa shape index (κ1) is 4.05. The van der Waals surface area contributed by atoms with Gasteiger partial charge in [-0.05, 0) is 6.92 Å². The van der Waals surface area contributed by atoms with Crippen LogP contribution < -0.4 is 0 Å². The third-order valence-electron chi connectivity index (χ3n) is 0.823. The van der Waals surface area contributed by atoms with Crippen LogP contribution in [-0.2, 0) is 4.74 Å². The van der Waals surface area contributed by atoms with Crippen molar-refractivity contribution in [1.29, 1.82) is 0 Å². The van der Waals surface area contributed by atoms with Gasteiger partial charge >= 0.3 is 5.97 Å². The summed E-state index contributed by atoms with van der Waals surface area (Å²) in [7, 11) is 0. The second-order valence-corrected chi connectivity index (χ2v) is 1.42.